The molecule has 0 aliphatic rings. The number of ether oxygens (including phenoxy) is 1. The zero-order valence-corrected chi connectivity index (χ0v) is 10.4. The first kappa shape index (κ1) is 13.4. The van der Waals surface area contributed by atoms with E-state index in [1.165, 1.54) is 0 Å². The van der Waals surface area contributed by atoms with Crippen LogP contribution in [0, 0.1) is 6.92 Å². The van der Waals surface area contributed by atoms with Crippen LogP contribution in [0.3, 0.4) is 0 Å². The van der Waals surface area contributed by atoms with Crippen LogP contribution in [-0.2, 0) is 0 Å². The van der Waals surface area contributed by atoms with E-state index in [0.29, 0.717) is 12.2 Å². The van der Waals surface area contributed by atoms with Gasteiger partial charge in [0, 0.05) is 12.7 Å². The fourth-order valence-corrected chi connectivity index (χ4v) is 1.45. The minimum Gasteiger partial charge on any atom is -0.477 e. The van der Waals surface area contributed by atoms with Crippen LogP contribution in [0.15, 0.2) is 12.3 Å². The van der Waals surface area contributed by atoms with Gasteiger partial charge in [0.25, 0.3) is 0 Å². The van der Waals surface area contributed by atoms with Gasteiger partial charge < -0.3 is 14.7 Å². The molecule has 5 nitrogen and oxygen atoms in total. The predicted molar refractivity (Wildman–Crippen MR) is 64.6 cm³/mol. The lowest BCUT2D eigenvalue weighted by atomic mass is 10.1. The first-order valence-corrected chi connectivity index (χ1v) is 5.48. The van der Waals surface area contributed by atoms with Gasteiger partial charge in [-0.15, -0.1) is 0 Å². The zero-order valence-electron chi connectivity index (χ0n) is 10.4. The van der Waals surface area contributed by atoms with Gasteiger partial charge in [-0.25, -0.2) is 9.78 Å². The lowest BCUT2D eigenvalue weighted by molar-refractivity contribution is 0.0690. The monoisotopic (exact) mass is 238 g/mol. The van der Waals surface area contributed by atoms with Crippen molar-refractivity contribution in [3.8, 4) is 5.88 Å². The largest absolute Gasteiger partial charge is 0.477 e. The minimum absolute atomic E-state index is 0.150. The van der Waals surface area contributed by atoms with Crippen LogP contribution in [0.25, 0.3) is 0 Å². The minimum atomic E-state index is -1.00. The van der Waals surface area contributed by atoms with Gasteiger partial charge in [0.05, 0.1) is 6.61 Å². The van der Waals surface area contributed by atoms with Crippen molar-refractivity contribution >= 4 is 5.97 Å². The molecule has 0 aromatic carbocycles. The van der Waals surface area contributed by atoms with E-state index >= 15 is 0 Å². The Hall–Kier alpha value is -1.62. The third-order valence-corrected chi connectivity index (χ3v) is 2.33. The fourth-order valence-electron chi connectivity index (χ4n) is 1.45. The lowest BCUT2D eigenvalue weighted by Crippen LogP contribution is -2.16. The van der Waals surface area contributed by atoms with E-state index in [2.05, 4.69) is 4.98 Å². The molecular weight excluding hydrogens is 220 g/mol. The van der Waals surface area contributed by atoms with Crippen LogP contribution in [0.4, 0.5) is 0 Å². The summed E-state index contributed by atoms with van der Waals surface area (Å²) in [5.41, 5.74) is 0.812. The van der Waals surface area contributed by atoms with Crippen LogP contribution in [0.1, 0.15) is 22.3 Å². The molecule has 0 bridgehead atoms. The SMILES string of the molecule is Cc1ccnc(OCCCN(C)C)c1C(=O)O. The molecule has 0 aliphatic carbocycles. The topological polar surface area (TPSA) is 62.7 Å². The standard InChI is InChI=1S/C12H18N2O3/c1-9-5-6-13-11(10(9)12(15)16)17-8-4-7-14(2)3/h5-6H,4,7-8H2,1-3H3,(H,15,16). The molecule has 1 aromatic rings. The number of hydrogen-bond donors (Lipinski definition) is 1. The van der Waals surface area contributed by atoms with Crippen LogP contribution >= 0.6 is 0 Å². The summed E-state index contributed by atoms with van der Waals surface area (Å²) in [4.78, 5) is 17.1. The van der Waals surface area contributed by atoms with E-state index in [4.69, 9.17) is 9.84 Å². The Labute approximate surface area is 101 Å². The van der Waals surface area contributed by atoms with Gasteiger partial charge in [-0.2, -0.15) is 0 Å². The average molecular weight is 238 g/mol. The van der Waals surface area contributed by atoms with Crippen molar-refractivity contribution in [1.82, 2.24) is 9.88 Å². The zero-order chi connectivity index (χ0) is 12.8. The number of aromatic carboxylic acids is 1. The summed E-state index contributed by atoms with van der Waals surface area (Å²) in [5, 5.41) is 9.06. The van der Waals surface area contributed by atoms with Crippen molar-refractivity contribution in [3.63, 3.8) is 0 Å². The molecule has 0 saturated carbocycles. The van der Waals surface area contributed by atoms with Crippen LogP contribution in [0.2, 0.25) is 0 Å². The summed E-state index contributed by atoms with van der Waals surface area (Å²) in [5.74, 6) is -0.797. The maximum absolute atomic E-state index is 11.1. The van der Waals surface area contributed by atoms with Gasteiger partial charge >= 0.3 is 5.97 Å². The Morgan fingerprint density at radius 1 is 1.53 bits per heavy atom. The Morgan fingerprint density at radius 3 is 2.82 bits per heavy atom. The molecule has 94 valence electrons. The first-order chi connectivity index (χ1) is 8.02. The van der Waals surface area contributed by atoms with E-state index in [9.17, 15) is 4.79 Å². The van der Waals surface area contributed by atoms with Gasteiger partial charge in [0.15, 0.2) is 0 Å². The Kier molecular flexibility index (Phi) is 4.90. The second-order valence-corrected chi connectivity index (χ2v) is 4.12. The number of carbonyl (C=O) groups is 1. The van der Waals surface area contributed by atoms with Crippen molar-refractivity contribution in [2.75, 3.05) is 27.2 Å². The van der Waals surface area contributed by atoms with E-state index in [1.807, 2.05) is 19.0 Å². The predicted octanol–water partition coefficient (Wildman–Crippen LogP) is 1.42. The Bertz CT molecular complexity index is 391. The number of carboxylic acid groups (broad SMARTS) is 1. The molecule has 0 atom stereocenters. The molecule has 5 heteroatoms. The van der Waals surface area contributed by atoms with Crippen molar-refractivity contribution in [3.05, 3.63) is 23.4 Å². The van der Waals surface area contributed by atoms with Gasteiger partial charge in [-0.05, 0) is 39.1 Å². The maximum Gasteiger partial charge on any atom is 0.341 e. The normalized spacial score (nSPS) is 10.6. The van der Waals surface area contributed by atoms with Gasteiger partial charge in [-0.1, -0.05) is 0 Å². The summed E-state index contributed by atoms with van der Waals surface area (Å²) < 4.78 is 5.41. The molecule has 0 unspecified atom stereocenters. The van der Waals surface area contributed by atoms with Crippen molar-refractivity contribution < 1.29 is 14.6 Å². The van der Waals surface area contributed by atoms with Gasteiger partial charge in [0.1, 0.15) is 5.56 Å². The second-order valence-electron chi connectivity index (χ2n) is 4.12. The van der Waals surface area contributed by atoms with Crippen molar-refractivity contribution in [1.29, 1.82) is 0 Å². The van der Waals surface area contributed by atoms with Gasteiger partial charge in [0.2, 0.25) is 5.88 Å². The number of aromatic nitrogens is 1. The highest BCUT2D eigenvalue weighted by Crippen LogP contribution is 2.18. The number of aryl methyl sites for hydroxylation is 1. The summed E-state index contributed by atoms with van der Waals surface area (Å²) in [7, 11) is 3.96. The second kappa shape index (κ2) is 6.20. The quantitative estimate of drug-likeness (QED) is 0.759. The number of hydrogen-bond acceptors (Lipinski definition) is 4. The number of carboxylic acids is 1. The molecule has 17 heavy (non-hydrogen) atoms. The van der Waals surface area contributed by atoms with Crippen LogP contribution in [-0.4, -0.2) is 48.2 Å². The number of nitrogens with zero attached hydrogens (tertiary/aromatic N) is 2. The van der Waals surface area contributed by atoms with E-state index in [-0.39, 0.29) is 11.4 Å². The maximum atomic E-state index is 11.1. The molecular formula is C12H18N2O3. The molecule has 0 aliphatic heterocycles. The van der Waals surface area contributed by atoms with E-state index in [1.54, 1.807) is 19.2 Å². The molecule has 1 rings (SSSR count). The molecule has 0 amide bonds. The van der Waals surface area contributed by atoms with Gasteiger partial charge in [-0.3, -0.25) is 0 Å². The average Bonchev–Trinajstić information content (AvgIpc) is 2.23. The summed E-state index contributed by atoms with van der Waals surface area (Å²) >= 11 is 0. The third-order valence-electron chi connectivity index (χ3n) is 2.33. The highest BCUT2D eigenvalue weighted by molar-refractivity contribution is 5.91. The lowest BCUT2D eigenvalue weighted by Gasteiger charge is -2.11. The number of pyridine rings is 1. The molecule has 1 heterocycles. The summed E-state index contributed by atoms with van der Waals surface area (Å²) in [6, 6.07) is 1.66. The highest BCUT2D eigenvalue weighted by Gasteiger charge is 2.15. The van der Waals surface area contributed by atoms with Crippen LogP contribution < -0.4 is 4.74 Å². The first-order valence-electron chi connectivity index (χ1n) is 5.48. The van der Waals surface area contributed by atoms with Crippen molar-refractivity contribution in [2.24, 2.45) is 0 Å². The third kappa shape index (κ3) is 4.03. The molecule has 1 N–H and O–H groups in total. The summed E-state index contributed by atoms with van der Waals surface area (Å²) in [6.07, 6.45) is 2.39. The Morgan fingerprint density at radius 2 is 2.24 bits per heavy atom. The molecule has 1 aromatic heterocycles. The summed E-state index contributed by atoms with van der Waals surface area (Å²) in [6.45, 7) is 3.10. The smallest absolute Gasteiger partial charge is 0.341 e. The van der Waals surface area contributed by atoms with Crippen LogP contribution in [0.5, 0.6) is 5.88 Å². The van der Waals surface area contributed by atoms with Crippen molar-refractivity contribution in [2.45, 2.75) is 13.3 Å². The molecule has 0 spiro atoms. The molecule has 0 fully saturated rings. The number of rotatable bonds is 6. The Balaban J connectivity index is 2.64. The van der Waals surface area contributed by atoms with E-state index in [0.717, 1.165) is 13.0 Å². The molecule has 0 radical (unpaired) electrons. The fraction of sp³-hybridized carbons (Fsp3) is 0.500. The molecule has 0 saturated heterocycles. The highest BCUT2D eigenvalue weighted by atomic mass is 16.5. The van der Waals surface area contributed by atoms with E-state index < -0.39 is 5.97 Å².